The second kappa shape index (κ2) is 2.95. The van der Waals surface area contributed by atoms with Gasteiger partial charge in [0.15, 0.2) is 0 Å². The first-order valence-electron chi connectivity index (χ1n) is 0.713. The third kappa shape index (κ3) is 1.95. The van der Waals surface area contributed by atoms with Crippen LogP contribution in [0.15, 0.2) is 0 Å². The molecule has 0 aromatic heterocycles. The van der Waals surface area contributed by atoms with Gasteiger partial charge in [0.05, 0.1) is 0 Å². The first-order valence-corrected chi connectivity index (χ1v) is 1.51. The number of carbonyl (C=O) groups excluding carboxylic acids is 1. The summed E-state index contributed by atoms with van der Waals surface area (Å²) in [5.74, 6) is 0. The van der Waals surface area contributed by atoms with E-state index in [2.05, 4.69) is 20.5 Å². The molecule has 0 atom stereocenters. The van der Waals surface area contributed by atoms with Crippen molar-refractivity contribution in [2.24, 2.45) is 0 Å². The molecule has 0 aromatic carbocycles. The molecule has 0 bridgehead atoms. The molecule has 0 aliphatic heterocycles. The lowest BCUT2D eigenvalue weighted by atomic mass is 11.5. The second-order valence-corrected chi connectivity index (χ2v) is 0.685. The molecule has 1 amide bonds. The lowest BCUT2D eigenvalue weighted by molar-refractivity contribution is -0.107. The van der Waals surface area contributed by atoms with Crippen LogP contribution in [-0.2, 0) is 4.79 Å². The fourth-order valence-electron chi connectivity index (χ4n) is 0. The zero-order chi connectivity index (χ0) is 3.41. The van der Waals surface area contributed by atoms with Crippen molar-refractivity contribution >= 4 is 22.6 Å². The van der Waals surface area contributed by atoms with E-state index in [1.54, 1.807) is 0 Å². The van der Waals surface area contributed by atoms with E-state index in [1.807, 2.05) is 0 Å². The maximum atomic E-state index is 9.02. The summed E-state index contributed by atoms with van der Waals surface area (Å²) in [7, 11) is 0. The highest BCUT2D eigenvalue weighted by Gasteiger charge is 1.46. The third-order valence-electron chi connectivity index (χ3n) is 0.0445. The molecule has 0 saturated carbocycles. The molecule has 0 aromatic rings. The number of amides is 1. The summed E-state index contributed by atoms with van der Waals surface area (Å²) in [6.45, 7) is 0. The van der Waals surface area contributed by atoms with Crippen molar-refractivity contribution < 1.29 is 4.79 Å². The predicted octanol–water partition coefficient (Wildman–Crippen LogP) is 0.0423. The van der Waals surface area contributed by atoms with Crippen LogP contribution in [0, 0.1) is 0 Å². The van der Waals surface area contributed by atoms with Crippen molar-refractivity contribution in [3.8, 4) is 0 Å². The number of rotatable bonds is 1. The van der Waals surface area contributed by atoms with Crippen LogP contribution in [0.4, 0.5) is 0 Å². The highest BCUT2D eigenvalue weighted by molar-refractivity contribution is 9.08. The van der Waals surface area contributed by atoms with Crippen molar-refractivity contribution in [1.29, 1.82) is 0 Å². The Morgan fingerprint density at radius 3 is 2.25 bits per heavy atom. The second-order valence-electron chi connectivity index (χ2n) is 0.227. The summed E-state index contributed by atoms with van der Waals surface area (Å²) in [5.41, 5.74) is 0. The lowest BCUT2D eigenvalue weighted by Gasteiger charge is -1.60. The molecule has 0 aliphatic carbocycles. The largest absolute Gasteiger partial charge is 0.295 e. The van der Waals surface area contributed by atoms with Gasteiger partial charge in [-0.2, -0.15) is 0 Å². The van der Waals surface area contributed by atoms with E-state index in [9.17, 15) is 0 Å². The predicted molar refractivity (Wildman–Crippen MR) is 18.1 cm³/mol. The zero-order valence-corrected chi connectivity index (χ0v) is 3.45. The number of carbonyl (C=O) groups is 1. The molecular formula is CH2BrNO. The number of halogens is 1. The maximum Gasteiger partial charge on any atom is 0.216 e. The highest BCUT2D eigenvalue weighted by atomic mass is 79.9. The summed E-state index contributed by atoms with van der Waals surface area (Å²) < 4.78 is 2.06. The molecule has 0 aliphatic rings. The molecule has 0 saturated heterocycles. The number of hydrogen-bond donors (Lipinski definition) is 1. The smallest absolute Gasteiger partial charge is 0.216 e. The molecule has 3 heteroatoms. The van der Waals surface area contributed by atoms with E-state index in [0.717, 1.165) is 0 Å². The molecule has 0 fully saturated rings. The van der Waals surface area contributed by atoms with Crippen molar-refractivity contribution in [3.63, 3.8) is 0 Å². The summed E-state index contributed by atoms with van der Waals surface area (Å²) in [5, 5.41) is 0. The van der Waals surface area contributed by atoms with Gasteiger partial charge < -0.3 is 0 Å². The first-order chi connectivity index (χ1) is 1.91. The van der Waals surface area contributed by atoms with Crippen LogP contribution in [0.5, 0.6) is 0 Å². The molecule has 0 radical (unpaired) electrons. The molecular weight excluding hydrogens is 122 g/mol. The van der Waals surface area contributed by atoms with Crippen LogP contribution >= 0.6 is 16.1 Å². The van der Waals surface area contributed by atoms with Crippen LogP contribution in [0.2, 0.25) is 0 Å². The molecule has 0 unspecified atom stereocenters. The van der Waals surface area contributed by atoms with Gasteiger partial charge in [0, 0.05) is 16.1 Å². The van der Waals surface area contributed by atoms with Crippen molar-refractivity contribution in [1.82, 2.24) is 4.34 Å². The fourth-order valence-corrected chi connectivity index (χ4v) is 0. The van der Waals surface area contributed by atoms with Gasteiger partial charge in [-0.1, -0.05) is 0 Å². The Morgan fingerprint density at radius 2 is 2.25 bits per heavy atom. The van der Waals surface area contributed by atoms with Gasteiger partial charge in [-0.3, -0.25) is 9.14 Å². The number of hydrogen-bond acceptors (Lipinski definition) is 1. The standard InChI is InChI=1S/CH2BrNO/c2-3-1-4/h1H,(H,3,4). The summed E-state index contributed by atoms with van der Waals surface area (Å²) in [6.07, 6.45) is 0.542. The van der Waals surface area contributed by atoms with Crippen molar-refractivity contribution in [2.45, 2.75) is 0 Å². The van der Waals surface area contributed by atoms with Gasteiger partial charge in [0.1, 0.15) is 0 Å². The Morgan fingerprint density at radius 1 is 2.00 bits per heavy atom. The van der Waals surface area contributed by atoms with E-state index in [1.165, 1.54) is 0 Å². The third-order valence-corrected chi connectivity index (χ3v) is 0.231. The monoisotopic (exact) mass is 123 g/mol. The van der Waals surface area contributed by atoms with Crippen LogP contribution in [0.1, 0.15) is 0 Å². The van der Waals surface area contributed by atoms with E-state index < -0.39 is 0 Å². The van der Waals surface area contributed by atoms with Gasteiger partial charge in [-0.05, 0) is 0 Å². The van der Waals surface area contributed by atoms with E-state index >= 15 is 0 Å². The van der Waals surface area contributed by atoms with Crippen molar-refractivity contribution in [2.75, 3.05) is 0 Å². The minimum atomic E-state index is 0.542. The van der Waals surface area contributed by atoms with Gasteiger partial charge in [-0.25, -0.2) is 0 Å². The molecule has 1 N–H and O–H groups in total. The summed E-state index contributed by atoms with van der Waals surface area (Å²) in [6, 6.07) is 0. The molecule has 0 rings (SSSR count). The Hall–Kier alpha value is -0.0500. The molecule has 24 valence electrons. The van der Waals surface area contributed by atoms with Crippen LogP contribution in [-0.4, -0.2) is 6.41 Å². The molecule has 4 heavy (non-hydrogen) atoms. The fraction of sp³-hybridized carbons (Fsp3) is 0. The Labute approximate surface area is 32.5 Å². The maximum absolute atomic E-state index is 9.02. The molecule has 0 heterocycles. The topological polar surface area (TPSA) is 29.1 Å². The van der Waals surface area contributed by atoms with Gasteiger partial charge in [-0.15, -0.1) is 0 Å². The van der Waals surface area contributed by atoms with Gasteiger partial charge >= 0.3 is 0 Å². The van der Waals surface area contributed by atoms with Gasteiger partial charge in [0.2, 0.25) is 6.41 Å². The van der Waals surface area contributed by atoms with Crippen LogP contribution in [0.25, 0.3) is 0 Å². The average molecular weight is 124 g/mol. The quantitative estimate of drug-likeness (QED) is 0.388. The van der Waals surface area contributed by atoms with Crippen molar-refractivity contribution in [3.05, 3.63) is 0 Å². The highest BCUT2D eigenvalue weighted by Crippen LogP contribution is 1.50. The summed E-state index contributed by atoms with van der Waals surface area (Å²) >= 11 is 2.63. The lowest BCUT2D eigenvalue weighted by Crippen LogP contribution is -1.86. The molecule has 0 spiro atoms. The number of nitrogens with one attached hydrogen (secondary N) is 1. The van der Waals surface area contributed by atoms with E-state index in [4.69, 9.17) is 4.79 Å². The zero-order valence-electron chi connectivity index (χ0n) is 1.86. The van der Waals surface area contributed by atoms with E-state index in [0.29, 0.717) is 6.41 Å². The summed E-state index contributed by atoms with van der Waals surface area (Å²) in [4.78, 5) is 9.02. The van der Waals surface area contributed by atoms with Crippen LogP contribution in [0.3, 0.4) is 0 Å². The minimum Gasteiger partial charge on any atom is -0.295 e. The Kier molecular flexibility index (Phi) is 2.91. The first kappa shape index (κ1) is 3.95. The SMILES string of the molecule is O=CNBr. The Bertz CT molecular complexity index is 22.0. The normalized spacial score (nSPS) is 5.25. The molecule has 2 nitrogen and oxygen atoms in total. The van der Waals surface area contributed by atoms with E-state index in [-0.39, 0.29) is 0 Å². The van der Waals surface area contributed by atoms with Crippen LogP contribution < -0.4 is 4.34 Å². The minimum absolute atomic E-state index is 0.542. The average Bonchev–Trinajstić information content (AvgIpc) is 1.37. The van der Waals surface area contributed by atoms with Gasteiger partial charge in [0.25, 0.3) is 0 Å². The Balaban J connectivity index is 2.30.